The molecule has 0 radical (unpaired) electrons. The van der Waals surface area contributed by atoms with Crippen LogP contribution in [0.3, 0.4) is 0 Å². The van der Waals surface area contributed by atoms with Gasteiger partial charge in [0.15, 0.2) is 0 Å². The van der Waals surface area contributed by atoms with Crippen LogP contribution in [0.2, 0.25) is 0 Å². The number of hydrogen-bond acceptors (Lipinski definition) is 4. The predicted molar refractivity (Wildman–Crippen MR) is 70.4 cm³/mol. The molecule has 0 atom stereocenters. The number of methoxy groups -OCH3 is 1. The first-order valence-corrected chi connectivity index (χ1v) is 6.79. The summed E-state index contributed by atoms with van der Waals surface area (Å²) in [5, 5.41) is 3.49. The fraction of sp³-hybridized carbons (Fsp3) is 1.00. The van der Waals surface area contributed by atoms with E-state index >= 15 is 0 Å². The first kappa shape index (κ1) is 14.9. The van der Waals surface area contributed by atoms with Crippen LogP contribution in [0.1, 0.15) is 19.3 Å². The summed E-state index contributed by atoms with van der Waals surface area (Å²) in [4.78, 5) is 2.41. The Labute approximate surface area is 106 Å². The quantitative estimate of drug-likeness (QED) is 0.613. The van der Waals surface area contributed by atoms with E-state index < -0.39 is 0 Å². The van der Waals surface area contributed by atoms with Crippen molar-refractivity contribution in [2.45, 2.75) is 19.3 Å². The van der Waals surface area contributed by atoms with Crippen LogP contribution in [0.15, 0.2) is 0 Å². The molecule has 0 saturated carbocycles. The van der Waals surface area contributed by atoms with Crippen LogP contribution in [0.5, 0.6) is 0 Å². The molecule has 1 fully saturated rings. The average Bonchev–Trinajstić information content (AvgIpc) is 2.35. The van der Waals surface area contributed by atoms with Crippen LogP contribution in [-0.4, -0.2) is 65.1 Å². The highest BCUT2D eigenvalue weighted by Crippen LogP contribution is 2.14. The first-order valence-electron chi connectivity index (χ1n) is 6.79. The lowest BCUT2D eigenvalue weighted by Crippen LogP contribution is -2.35. The molecule has 0 aromatic rings. The van der Waals surface area contributed by atoms with E-state index in [0.717, 1.165) is 45.2 Å². The minimum atomic E-state index is 0.795. The number of nitrogens with one attached hydrogen (secondary N) is 1. The molecule has 102 valence electrons. The third kappa shape index (κ3) is 7.71. The van der Waals surface area contributed by atoms with E-state index in [1.54, 1.807) is 7.11 Å². The van der Waals surface area contributed by atoms with Crippen molar-refractivity contribution in [3.63, 3.8) is 0 Å². The van der Waals surface area contributed by atoms with Crippen LogP contribution < -0.4 is 5.32 Å². The zero-order chi connectivity index (χ0) is 12.3. The second-order valence-corrected chi connectivity index (χ2v) is 4.91. The highest BCUT2D eigenvalue weighted by Gasteiger charge is 2.15. The minimum absolute atomic E-state index is 0.795. The van der Waals surface area contributed by atoms with Gasteiger partial charge in [0.2, 0.25) is 0 Å². The Morgan fingerprint density at radius 2 is 1.94 bits per heavy atom. The standard InChI is InChI=1S/C13H28N2O2/c1-15-7-4-13(5-8-15)12-14-6-11-17-10-3-9-16-2/h13-14H,3-12H2,1-2H3. The van der Waals surface area contributed by atoms with Gasteiger partial charge in [0, 0.05) is 26.9 Å². The molecular weight excluding hydrogens is 216 g/mol. The van der Waals surface area contributed by atoms with Gasteiger partial charge >= 0.3 is 0 Å². The van der Waals surface area contributed by atoms with Gasteiger partial charge in [0.1, 0.15) is 0 Å². The van der Waals surface area contributed by atoms with Gasteiger partial charge in [0.05, 0.1) is 6.61 Å². The molecular formula is C13H28N2O2. The minimum Gasteiger partial charge on any atom is -0.385 e. The lowest BCUT2D eigenvalue weighted by atomic mass is 9.97. The molecule has 0 bridgehead atoms. The summed E-state index contributed by atoms with van der Waals surface area (Å²) >= 11 is 0. The molecule has 17 heavy (non-hydrogen) atoms. The fourth-order valence-electron chi connectivity index (χ4n) is 2.12. The number of hydrogen-bond donors (Lipinski definition) is 1. The molecule has 1 aliphatic heterocycles. The molecule has 0 aromatic heterocycles. The third-order valence-corrected chi connectivity index (χ3v) is 3.33. The summed E-state index contributed by atoms with van der Waals surface area (Å²) in [5.41, 5.74) is 0. The van der Waals surface area contributed by atoms with Crippen LogP contribution in [0, 0.1) is 5.92 Å². The monoisotopic (exact) mass is 244 g/mol. The lowest BCUT2D eigenvalue weighted by Gasteiger charge is -2.29. The summed E-state index contributed by atoms with van der Waals surface area (Å²) in [6.07, 6.45) is 3.65. The molecule has 0 aliphatic carbocycles. The Kier molecular flexibility index (Phi) is 8.61. The Hall–Kier alpha value is -0.160. The molecule has 0 aromatic carbocycles. The highest BCUT2D eigenvalue weighted by molar-refractivity contribution is 4.71. The zero-order valence-corrected chi connectivity index (χ0v) is 11.4. The fourth-order valence-corrected chi connectivity index (χ4v) is 2.12. The van der Waals surface area contributed by atoms with Crippen LogP contribution >= 0.6 is 0 Å². The van der Waals surface area contributed by atoms with E-state index in [-0.39, 0.29) is 0 Å². The van der Waals surface area contributed by atoms with Crippen molar-refractivity contribution in [2.24, 2.45) is 5.92 Å². The maximum Gasteiger partial charge on any atom is 0.0590 e. The second kappa shape index (κ2) is 9.83. The van der Waals surface area contributed by atoms with Crippen molar-refractivity contribution in [1.82, 2.24) is 10.2 Å². The highest BCUT2D eigenvalue weighted by atomic mass is 16.5. The van der Waals surface area contributed by atoms with Gasteiger partial charge in [-0.3, -0.25) is 0 Å². The molecule has 0 spiro atoms. The molecule has 1 saturated heterocycles. The topological polar surface area (TPSA) is 33.7 Å². The molecule has 1 aliphatic rings. The Morgan fingerprint density at radius 3 is 2.65 bits per heavy atom. The maximum atomic E-state index is 5.49. The Bertz CT molecular complexity index is 171. The number of rotatable bonds is 9. The summed E-state index contributed by atoms with van der Waals surface area (Å²) < 4.78 is 10.4. The van der Waals surface area contributed by atoms with Gasteiger partial charge < -0.3 is 19.7 Å². The summed E-state index contributed by atoms with van der Waals surface area (Å²) in [7, 11) is 3.93. The summed E-state index contributed by atoms with van der Waals surface area (Å²) in [5.74, 6) is 0.861. The van der Waals surface area contributed by atoms with Gasteiger partial charge in [-0.25, -0.2) is 0 Å². The van der Waals surface area contributed by atoms with Crippen molar-refractivity contribution in [2.75, 3.05) is 60.2 Å². The largest absolute Gasteiger partial charge is 0.385 e. The van der Waals surface area contributed by atoms with Gasteiger partial charge in [-0.15, -0.1) is 0 Å². The van der Waals surface area contributed by atoms with Crippen LogP contribution in [0.25, 0.3) is 0 Å². The number of likely N-dealkylation sites (tertiary alicyclic amines) is 1. The van der Waals surface area contributed by atoms with E-state index in [0.29, 0.717) is 0 Å². The van der Waals surface area contributed by atoms with Gasteiger partial charge in [0.25, 0.3) is 0 Å². The molecule has 0 amide bonds. The van der Waals surface area contributed by atoms with E-state index in [4.69, 9.17) is 9.47 Å². The van der Waals surface area contributed by atoms with Crippen molar-refractivity contribution in [3.05, 3.63) is 0 Å². The zero-order valence-electron chi connectivity index (χ0n) is 11.4. The normalized spacial score (nSPS) is 18.7. The summed E-state index contributed by atoms with van der Waals surface area (Å²) in [6, 6.07) is 0. The van der Waals surface area contributed by atoms with E-state index in [9.17, 15) is 0 Å². The molecule has 1 rings (SSSR count). The van der Waals surface area contributed by atoms with E-state index in [2.05, 4.69) is 17.3 Å². The van der Waals surface area contributed by atoms with Crippen molar-refractivity contribution < 1.29 is 9.47 Å². The van der Waals surface area contributed by atoms with Gasteiger partial charge in [-0.2, -0.15) is 0 Å². The lowest BCUT2D eigenvalue weighted by molar-refractivity contribution is 0.103. The molecule has 1 N–H and O–H groups in total. The molecule has 0 unspecified atom stereocenters. The van der Waals surface area contributed by atoms with Crippen LogP contribution in [-0.2, 0) is 9.47 Å². The molecule has 4 heteroatoms. The summed E-state index contributed by atoms with van der Waals surface area (Å²) in [6.45, 7) is 7.04. The average molecular weight is 244 g/mol. The molecule has 4 nitrogen and oxygen atoms in total. The first-order chi connectivity index (χ1) is 8.33. The maximum absolute atomic E-state index is 5.49. The van der Waals surface area contributed by atoms with E-state index in [1.165, 1.54) is 25.9 Å². The van der Waals surface area contributed by atoms with Crippen molar-refractivity contribution in [1.29, 1.82) is 0 Å². The molecule has 1 heterocycles. The SMILES string of the molecule is COCCCOCCNCC1CCN(C)CC1. The van der Waals surface area contributed by atoms with Gasteiger partial charge in [-0.1, -0.05) is 0 Å². The van der Waals surface area contributed by atoms with Gasteiger partial charge in [-0.05, 0) is 51.9 Å². The predicted octanol–water partition coefficient (Wildman–Crippen LogP) is 0.971. The Morgan fingerprint density at radius 1 is 1.18 bits per heavy atom. The van der Waals surface area contributed by atoms with E-state index in [1.807, 2.05) is 0 Å². The second-order valence-electron chi connectivity index (χ2n) is 4.91. The smallest absolute Gasteiger partial charge is 0.0590 e. The number of piperidine rings is 1. The Balaban J connectivity index is 1.81. The van der Waals surface area contributed by atoms with Crippen molar-refractivity contribution >= 4 is 0 Å². The van der Waals surface area contributed by atoms with Crippen LogP contribution in [0.4, 0.5) is 0 Å². The van der Waals surface area contributed by atoms with Crippen molar-refractivity contribution in [3.8, 4) is 0 Å². The third-order valence-electron chi connectivity index (χ3n) is 3.33. The number of nitrogens with zero attached hydrogens (tertiary/aromatic N) is 1. The number of ether oxygens (including phenoxy) is 2.